The molecule has 6 nitrogen and oxygen atoms in total. The largest absolute Gasteiger partial charge is 0.484 e. The molecule has 4 aromatic rings. The Hall–Kier alpha value is -3.38. The highest BCUT2D eigenvalue weighted by Gasteiger charge is 2.14. The second-order valence-electron chi connectivity index (χ2n) is 6.62. The molecule has 0 atom stereocenters. The molecule has 7 heteroatoms. The molecule has 0 bridgehead atoms. The smallest absolute Gasteiger partial charge is 0.262 e. The lowest BCUT2D eigenvalue weighted by Gasteiger charge is -2.10. The average molecular weight is 408 g/mol. The van der Waals surface area contributed by atoms with Gasteiger partial charge in [-0.1, -0.05) is 17.7 Å². The Morgan fingerprint density at radius 3 is 2.79 bits per heavy atom. The molecule has 4 rings (SSSR count). The third-order valence-corrected chi connectivity index (χ3v) is 4.82. The molecule has 29 heavy (non-hydrogen) atoms. The third kappa shape index (κ3) is 4.22. The van der Waals surface area contributed by atoms with Crippen LogP contribution in [0.25, 0.3) is 22.7 Å². The maximum atomic E-state index is 12.3. The molecule has 1 N–H and O–H groups in total. The fourth-order valence-corrected chi connectivity index (χ4v) is 3.00. The van der Waals surface area contributed by atoms with E-state index in [4.69, 9.17) is 20.8 Å². The van der Waals surface area contributed by atoms with Gasteiger partial charge in [-0.2, -0.15) is 4.98 Å². The number of anilines is 1. The van der Waals surface area contributed by atoms with Crippen molar-refractivity contribution in [2.24, 2.45) is 0 Å². The topological polar surface area (TPSA) is 77.2 Å². The standard InChI is InChI=1S/C22H18ClN3O3/c1-13-5-7-16(10-14(13)2)28-12-20(27)25-15-6-8-18(23)17(11-15)22-26-21-19(29-22)4-3-9-24-21/h3-11H,12H2,1-2H3,(H,25,27). The molecule has 2 heterocycles. The summed E-state index contributed by atoms with van der Waals surface area (Å²) in [4.78, 5) is 20.8. The van der Waals surface area contributed by atoms with Crippen LogP contribution in [-0.4, -0.2) is 22.5 Å². The van der Waals surface area contributed by atoms with E-state index in [2.05, 4.69) is 15.3 Å². The van der Waals surface area contributed by atoms with Crippen molar-refractivity contribution in [1.29, 1.82) is 0 Å². The second-order valence-corrected chi connectivity index (χ2v) is 7.03. The van der Waals surface area contributed by atoms with Gasteiger partial charge < -0.3 is 14.5 Å². The van der Waals surface area contributed by atoms with Gasteiger partial charge in [0.2, 0.25) is 5.89 Å². The van der Waals surface area contributed by atoms with Gasteiger partial charge in [-0.15, -0.1) is 0 Å². The highest BCUT2D eigenvalue weighted by Crippen LogP contribution is 2.31. The number of ether oxygens (including phenoxy) is 1. The summed E-state index contributed by atoms with van der Waals surface area (Å²) < 4.78 is 11.3. The lowest BCUT2D eigenvalue weighted by Crippen LogP contribution is -2.20. The van der Waals surface area contributed by atoms with E-state index in [0.29, 0.717) is 39.1 Å². The Morgan fingerprint density at radius 2 is 2.00 bits per heavy atom. The van der Waals surface area contributed by atoms with Crippen LogP contribution in [0.3, 0.4) is 0 Å². The van der Waals surface area contributed by atoms with Crippen LogP contribution in [0.2, 0.25) is 5.02 Å². The third-order valence-electron chi connectivity index (χ3n) is 4.49. The maximum absolute atomic E-state index is 12.3. The van der Waals surface area contributed by atoms with Gasteiger partial charge in [0.05, 0.1) is 10.6 Å². The molecule has 0 unspecified atom stereocenters. The van der Waals surface area contributed by atoms with Gasteiger partial charge in [-0.3, -0.25) is 4.79 Å². The molecule has 0 aliphatic heterocycles. The molecule has 0 saturated heterocycles. The Labute approximate surface area is 172 Å². The monoisotopic (exact) mass is 407 g/mol. The SMILES string of the molecule is Cc1ccc(OCC(=O)Nc2ccc(Cl)c(-c3nc4ncccc4o3)c2)cc1C. The molecular formula is C22H18ClN3O3. The van der Waals surface area contributed by atoms with Gasteiger partial charge in [0, 0.05) is 11.9 Å². The second kappa shape index (κ2) is 7.93. The zero-order chi connectivity index (χ0) is 20.4. The number of pyridine rings is 1. The van der Waals surface area contributed by atoms with Crippen molar-refractivity contribution in [2.75, 3.05) is 11.9 Å². The first-order valence-corrected chi connectivity index (χ1v) is 9.39. The summed E-state index contributed by atoms with van der Waals surface area (Å²) in [5.41, 5.74) is 4.47. The molecule has 0 aliphatic rings. The van der Waals surface area contributed by atoms with Gasteiger partial charge in [0.1, 0.15) is 5.75 Å². The predicted octanol–water partition coefficient (Wildman–Crippen LogP) is 5.18. The summed E-state index contributed by atoms with van der Waals surface area (Å²) in [6.45, 7) is 3.92. The first-order chi connectivity index (χ1) is 14.0. The highest BCUT2D eigenvalue weighted by atomic mass is 35.5. The van der Waals surface area contributed by atoms with Gasteiger partial charge >= 0.3 is 0 Å². The van der Waals surface area contributed by atoms with Gasteiger partial charge in [0.15, 0.2) is 17.8 Å². The number of aromatic nitrogens is 2. The van der Waals surface area contributed by atoms with Crippen LogP contribution in [0.15, 0.2) is 59.1 Å². The first-order valence-electron chi connectivity index (χ1n) is 9.01. The van der Waals surface area contributed by atoms with Crippen molar-refractivity contribution in [3.05, 3.63) is 70.9 Å². The van der Waals surface area contributed by atoms with Crippen molar-refractivity contribution in [3.63, 3.8) is 0 Å². The molecule has 2 aromatic heterocycles. The fraction of sp³-hybridized carbons (Fsp3) is 0.136. The van der Waals surface area contributed by atoms with E-state index in [0.717, 1.165) is 5.56 Å². The summed E-state index contributed by atoms with van der Waals surface area (Å²) in [7, 11) is 0. The van der Waals surface area contributed by atoms with Crippen LogP contribution in [0.5, 0.6) is 5.75 Å². The molecule has 146 valence electrons. The summed E-state index contributed by atoms with van der Waals surface area (Å²) >= 11 is 6.31. The minimum Gasteiger partial charge on any atom is -0.484 e. The van der Waals surface area contributed by atoms with Crippen LogP contribution in [0, 0.1) is 13.8 Å². The number of aryl methyl sites for hydroxylation is 2. The molecule has 0 aliphatic carbocycles. The van der Waals surface area contributed by atoms with Crippen molar-refractivity contribution in [2.45, 2.75) is 13.8 Å². The number of nitrogens with one attached hydrogen (secondary N) is 1. The molecule has 2 aromatic carbocycles. The molecule has 0 radical (unpaired) electrons. The number of rotatable bonds is 5. The quantitative estimate of drug-likeness (QED) is 0.493. The molecular weight excluding hydrogens is 390 g/mol. The van der Waals surface area contributed by atoms with E-state index in [1.54, 1.807) is 36.5 Å². The zero-order valence-corrected chi connectivity index (χ0v) is 16.7. The number of hydrogen-bond donors (Lipinski definition) is 1. The van der Waals surface area contributed by atoms with E-state index in [1.807, 2.05) is 32.0 Å². The van der Waals surface area contributed by atoms with E-state index < -0.39 is 0 Å². The van der Waals surface area contributed by atoms with Crippen molar-refractivity contribution >= 4 is 34.4 Å². The number of halogens is 1. The van der Waals surface area contributed by atoms with E-state index in [1.165, 1.54) is 5.56 Å². The molecule has 0 spiro atoms. The number of nitrogens with zero attached hydrogens (tertiary/aromatic N) is 2. The number of hydrogen-bond acceptors (Lipinski definition) is 5. The number of benzene rings is 2. The zero-order valence-electron chi connectivity index (χ0n) is 15.9. The lowest BCUT2D eigenvalue weighted by molar-refractivity contribution is -0.118. The van der Waals surface area contributed by atoms with Gasteiger partial charge in [0.25, 0.3) is 5.91 Å². The van der Waals surface area contributed by atoms with Crippen LogP contribution in [0.4, 0.5) is 5.69 Å². The summed E-state index contributed by atoms with van der Waals surface area (Å²) in [6, 6.07) is 14.4. The van der Waals surface area contributed by atoms with Gasteiger partial charge in [-0.25, -0.2) is 4.98 Å². The number of amides is 1. The number of oxazole rings is 1. The van der Waals surface area contributed by atoms with E-state index in [9.17, 15) is 4.79 Å². The predicted molar refractivity (Wildman–Crippen MR) is 112 cm³/mol. The van der Waals surface area contributed by atoms with Crippen LogP contribution in [-0.2, 0) is 4.79 Å². The molecule has 0 fully saturated rings. The number of fused-ring (bicyclic) bond motifs is 1. The van der Waals surface area contributed by atoms with E-state index in [-0.39, 0.29) is 12.5 Å². The first kappa shape index (κ1) is 19.0. The van der Waals surface area contributed by atoms with Crippen molar-refractivity contribution in [3.8, 4) is 17.2 Å². The Balaban J connectivity index is 1.48. The normalized spacial score (nSPS) is 10.9. The minimum atomic E-state index is -0.282. The molecule has 0 saturated carbocycles. The van der Waals surface area contributed by atoms with E-state index >= 15 is 0 Å². The van der Waals surface area contributed by atoms with Crippen LogP contribution in [0.1, 0.15) is 11.1 Å². The number of carbonyl (C=O) groups is 1. The fourth-order valence-electron chi connectivity index (χ4n) is 2.80. The van der Waals surface area contributed by atoms with Gasteiger partial charge in [-0.05, 0) is 67.4 Å². The lowest BCUT2D eigenvalue weighted by atomic mass is 10.1. The summed E-state index contributed by atoms with van der Waals surface area (Å²) in [5, 5.41) is 3.26. The summed E-state index contributed by atoms with van der Waals surface area (Å²) in [6.07, 6.45) is 1.64. The van der Waals surface area contributed by atoms with Crippen molar-refractivity contribution in [1.82, 2.24) is 9.97 Å². The average Bonchev–Trinajstić information content (AvgIpc) is 3.14. The van der Waals surface area contributed by atoms with Crippen LogP contribution < -0.4 is 10.1 Å². The summed E-state index contributed by atoms with van der Waals surface area (Å²) in [5.74, 6) is 0.709. The minimum absolute atomic E-state index is 0.104. The Bertz CT molecular complexity index is 1170. The molecule has 1 amide bonds. The maximum Gasteiger partial charge on any atom is 0.262 e. The highest BCUT2D eigenvalue weighted by molar-refractivity contribution is 6.33. The van der Waals surface area contributed by atoms with Crippen molar-refractivity contribution < 1.29 is 13.9 Å². The van der Waals surface area contributed by atoms with Crippen LogP contribution >= 0.6 is 11.6 Å². The Morgan fingerprint density at radius 1 is 1.14 bits per heavy atom. The Kier molecular flexibility index (Phi) is 5.18. The number of carbonyl (C=O) groups excluding carboxylic acids is 1.